The highest BCUT2D eigenvalue weighted by atomic mass is 14.8. The van der Waals surface area contributed by atoms with Gasteiger partial charge in [0.25, 0.3) is 0 Å². The fraction of sp³-hybridized carbons (Fsp3) is 0.182. The van der Waals surface area contributed by atoms with Crippen molar-refractivity contribution in [2.24, 2.45) is 0 Å². The van der Waals surface area contributed by atoms with Gasteiger partial charge in [-0.25, -0.2) is 9.97 Å². The first-order valence-corrected chi connectivity index (χ1v) is 8.42. The molecule has 1 aliphatic rings. The van der Waals surface area contributed by atoms with Gasteiger partial charge in [0.05, 0.1) is 22.1 Å². The number of benzene rings is 2. The molecule has 0 N–H and O–H groups in total. The minimum Gasteiger partial charge on any atom is -0.244 e. The Hall–Kier alpha value is -2.74. The minimum absolute atomic E-state index is 0.967. The second kappa shape index (κ2) is 6.04. The van der Waals surface area contributed by atoms with Gasteiger partial charge in [0, 0.05) is 11.1 Å². The number of hydrogen-bond donors (Lipinski definition) is 0. The highest BCUT2D eigenvalue weighted by molar-refractivity contribution is 5.78. The van der Waals surface area contributed by atoms with Crippen molar-refractivity contribution >= 4 is 11.1 Å². The van der Waals surface area contributed by atoms with E-state index in [0.29, 0.717) is 0 Å². The number of aromatic nitrogens is 2. The summed E-state index contributed by atoms with van der Waals surface area (Å²) in [4.78, 5) is 10.1. The van der Waals surface area contributed by atoms with Gasteiger partial charge in [0.1, 0.15) is 0 Å². The third-order valence-electron chi connectivity index (χ3n) is 4.67. The highest BCUT2D eigenvalue weighted by Gasteiger charge is 2.15. The molecule has 2 heteroatoms. The van der Waals surface area contributed by atoms with Crippen LogP contribution in [0.2, 0.25) is 0 Å². The van der Waals surface area contributed by atoms with Crippen LogP contribution in [-0.4, -0.2) is 9.97 Å². The molecule has 24 heavy (non-hydrogen) atoms. The highest BCUT2D eigenvalue weighted by Crippen LogP contribution is 2.27. The maximum Gasteiger partial charge on any atom is 0.0973 e. The van der Waals surface area contributed by atoms with Gasteiger partial charge in [-0.2, -0.15) is 0 Å². The molecule has 118 valence electrons. The van der Waals surface area contributed by atoms with Gasteiger partial charge >= 0.3 is 0 Å². The zero-order valence-electron chi connectivity index (χ0n) is 14.1. The molecular formula is C22H20N2. The smallest absolute Gasteiger partial charge is 0.0973 e. The van der Waals surface area contributed by atoms with Crippen molar-refractivity contribution in [3.8, 4) is 22.5 Å². The average Bonchev–Trinajstić information content (AvgIpc) is 2.65. The van der Waals surface area contributed by atoms with E-state index in [2.05, 4.69) is 62.4 Å². The zero-order chi connectivity index (χ0) is 16.5. The average molecular weight is 312 g/mol. The number of rotatable bonds is 2. The van der Waals surface area contributed by atoms with Crippen LogP contribution in [0.3, 0.4) is 0 Å². The van der Waals surface area contributed by atoms with Gasteiger partial charge < -0.3 is 0 Å². The van der Waals surface area contributed by atoms with E-state index in [1.54, 1.807) is 0 Å². The van der Waals surface area contributed by atoms with Crippen molar-refractivity contribution < 1.29 is 0 Å². The second-order valence-corrected chi connectivity index (χ2v) is 6.41. The van der Waals surface area contributed by atoms with Crippen molar-refractivity contribution in [1.29, 1.82) is 0 Å². The zero-order valence-corrected chi connectivity index (χ0v) is 14.1. The molecule has 0 bridgehead atoms. The Morgan fingerprint density at radius 3 is 1.33 bits per heavy atom. The lowest BCUT2D eigenvalue weighted by atomic mass is 9.99. The largest absolute Gasteiger partial charge is 0.244 e. The Balaban J connectivity index is 2.11. The van der Waals surface area contributed by atoms with E-state index in [4.69, 9.17) is 9.97 Å². The molecule has 4 rings (SSSR count). The van der Waals surface area contributed by atoms with E-state index in [1.165, 1.54) is 11.1 Å². The fourth-order valence-corrected chi connectivity index (χ4v) is 3.24. The summed E-state index contributed by atoms with van der Waals surface area (Å²) in [6, 6.07) is 20.7. The van der Waals surface area contributed by atoms with Crippen molar-refractivity contribution in [1.82, 2.24) is 9.97 Å². The van der Waals surface area contributed by atoms with Crippen LogP contribution in [0.1, 0.15) is 26.7 Å². The molecule has 0 saturated carbocycles. The monoisotopic (exact) mass is 312 g/mol. The lowest BCUT2D eigenvalue weighted by Crippen LogP contribution is -2.38. The minimum atomic E-state index is 0.967. The normalized spacial score (nSPS) is 13.8. The van der Waals surface area contributed by atoms with Crippen molar-refractivity contribution in [2.75, 3.05) is 0 Å². The Bertz CT molecular complexity index is 919. The lowest BCUT2D eigenvalue weighted by Gasteiger charge is -2.14. The molecule has 3 aromatic rings. The summed E-state index contributed by atoms with van der Waals surface area (Å²) in [5.74, 6) is 0. The molecule has 1 aliphatic carbocycles. The first kappa shape index (κ1) is 14.8. The van der Waals surface area contributed by atoms with E-state index in [0.717, 1.165) is 46.1 Å². The molecular weight excluding hydrogens is 292 g/mol. The summed E-state index contributed by atoms with van der Waals surface area (Å²) in [5.41, 5.74) is 6.83. The van der Waals surface area contributed by atoms with Crippen molar-refractivity contribution in [3.63, 3.8) is 0 Å². The van der Waals surface area contributed by atoms with Gasteiger partial charge in [-0.3, -0.25) is 0 Å². The first-order chi connectivity index (χ1) is 11.7. The third kappa shape index (κ3) is 2.54. The maximum atomic E-state index is 5.07. The summed E-state index contributed by atoms with van der Waals surface area (Å²) in [6.45, 7) is 4.35. The standard InChI is InChI=1S/C22H20N2/c1-15-13-14-16(2)20-19(15)23-21(17-9-5-3-6-10-17)22(24-20)18-11-7-4-8-12-18/h3-12H,13-14H2,1-2H3. The quantitative estimate of drug-likeness (QED) is 0.716. The predicted molar refractivity (Wildman–Crippen MR) is 99.6 cm³/mol. The molecule has 1 heterocycles. The predicted octanol–water partition coefficient (Wildman–Crippen LogP) is 3.95. The molecule has 0 atom stereocenters. The topological polar surface area (TPSA) is 25.8 Å². The van der Waals surface area contributed by atoms with E-state index < -0.39 is 0 Å². The van der Waals surface area contributed by atoms with Crippen LogP contribution < -0.4 is 10.7 Å². The summed E-state index contributed by atoms with van der Waals surface area (Å²) >= 11 is 0. The van der Waals surface area contributed by atoms with Gasteiger partial charge in [-0.1, -0.05) is 60.7 Å². The van der Waals surface area contributed by atoms with E-state index in [1.807, 2.05) is 12.1 Å². The van der Waals surface area contributed by atoms with Gasteiger partial charge in [-0.05, 0) is 37.8 Å². The Morgan fingerprint density at radius 1 is 0.583 bits per heavy atom. The molecule has 0 amide bonds. The molecule has 0 spiro atoms. The molecule has 0 saturated heterocycles. The van der Waals surface area contributed by atoms with Crippen LogP contribution in [0.5, 0.6) is 0 Å². The molecule has 1 aromatic heterocycles. The van der Waals surface area contributed by atoms with Crippen LogP contribution in [0, 0.1) is 0 Å². The fourth-order valence-electron chi connectivity index (χ4n) is 3.24. The van der Waals surface area contributed by atoms with Crippen molar-refractivity contribution in [3.05, 3.63) is 71.4 Å². The SMILES string of the molecule is CC1=c2nc(-c3ccccc3)c(-c3ccccc3)nc2=C(C)CC1. The molecule has 0 aliphatic heterocycles. The van der Waals surface area contributed by atoms with E-state index >= 15 is 0 Å². The van der Waals surface area contributed by atoms with Crippen LogP contribution in [0.4, 0.5) is 0 Å². The second-order valence-electron chi connectivity index (χ2n) is 6.41. The maximum absolute atomic E-state index is 5.07. The molecule has 0 radical (unpaired) electrons. The lowest BCUT2D eigenvalue weighted by molar-refractivity contribution is 0.959. The van der Waals surface area contributed by atoms with Gasteiger partial charge in [-0.15, -0.1) is 0 Å². The van der Waals surface area contributed by atoms with Crippen LogP contribution in [0.15, 0.2) is 60.7 Å². The number of fused-ring (bicyclic) bond motifs is 1. The summed E-state index contributed by atoms with van der Waals surface area (Å²) in [7, 11) is 0. The van der Waals surface area contributed by atoms with Crippen LogP contribution >= 0.6 is 0 Å². The van der Waals surface area contributed by atoms with E-state index in [-0.39, 0.29) is 0 Å². The van der Waals surface area contributed by atoms with Gasteiger partial charge in [0.15, 0.2) is 0 Å². The number of nitrogens with zero attached hydrogens (tertiary/aromatic N) is 2. The molecule has 2 nitrogen and oxygen atoms in total. The molecule has 0 unspecified atom stereocenters. The Kier molecular flexibility index (Phi) is 3.73. The van der Waals surface area contributed by atoms with Crippen LogP contribution in [-0.2, 0) is 0 Å². The Labute approximate surface area is 142 Å². The van der Waals surface area contributed by atoms with Crippen LogP contribution in [0.25, 0.3) is 33.7 Å². The number of hydrogen-bond acceptors (Lipinski definition) is 2. The summed E-state index contributed by atoms with van der Waals surface area (Å²) < 4.78 is 0. The summed E-state index contributed by atoms with van der Waals surface area (Å²) in [6.07, 6.45) is 2.15. The molecule has 2 aromatic carbocycles. The molecule has 0 fully saturated rings. The third-order valence-corrected chi connectivity index (χ3v) is 4.67. The first-order valence-electron chi connectivity index (χ1n) is 8.42. The van der Waals surface area contributed by atoms with E-state index in [9.17, 15) is 0 Å². The summed E-state index contributed by atoms with van der Waals surface area (Å²) in [5, 5.41) is 2.13. The van der Waals surface area contributed by atoms with Crippen molar-refractivity contribution in [2.45, 2.75) is 26.7 Å². The Morgan fingerprint density at radius 2 is 0.958 bits per heavy atom. The van der Waals surface area contributed by atoms with Gasteiger partial charge in [0.2, 0.25) is 0 Å².